The molecule has 0 spiro atoms. The molecule has 29 heavy (non-hydrogen) atoms. The fourth-order valence-corrected chi connectivity index (χ4v) is 4.14. The summed E-state index contributed by atoms with van der Waals surface area (Å²) < 4.78 is 5.33. The largest absolute Gasteiger partial charge is 0.457 e. The Morgan fingerprint density at radius 2 is 1.90 bits per heavy atom. The highest BCUT2D eigenvalue weighted by Gasteiger charge is 2.14. The highest BCUT2D eigenvalue weighted by molar-refractivity contribution is 7.17. The molecule has 0 fully saturated rings. The zero-order chi connectivity index (χ0) is 20.4. The monoisotopic (exact) mass is 404 g/mol. The first kappa shape index (κ1) is 19.1. The SMILES string of the molecule is Cc1ccc(CC(=O)OCc2nc3scc(-c4ccccc4)c3c(=O)[nH]2)cc1C. The Morgan fingerprint density at radius 1 is 1.10 bits per heavy atom. The van der Waals surface area contributed by atoms with E-state index in [1.165, 1.54) is 16.9 Å². The van der Waals surface area contributed by atoms with Crippen molar-refractivity contribution in [2.75, 3.05) is 0 Å². The number of benzene rings is 2. The molecule has 0 saturated heterocycles. The second-order valence-electron chi connectivity index (χ2n) is 6.96. The number of esters is 1. The lowest BCUT2D eigenvalue weighted by Crippen LogP contribution is -2.15. The molecule has 0 radical (unpaired) electrons. The van der Waals surface area contributed by atoms with Crippen molar-refractivity contribution in [3.05, 3.63) is 86.8 Å². The van der Waals surface area contributed by atoms with Crippen molar-refractivity contribution in [2.24, 2.45) is 0 Å². The van der Waals surface area contributed by atoms with Crippen LogP contribution in [0.3, 0.4) is 0 Å². The lowest BCUT2D eigenvalue weighted by Gasteiger charge is -2.07. The average Bonchev–Trinajstić information content (AvgIpc) is 3.15. The van der Waals surface area contributed by atoms with Crippen LogP contribution in [-0.4, -0.2) is 15.9 Å². The number of rotatable bonds is 5. The summed E-state index contributed by atoms with van der Waals surface area (Å²) in [5, 5.41) is 2.49. The smallest absolute Gasteiger partial charge is 0.310 e. The number of aromatic nitrogens is 2. The second-order valence-corrected chi connectivity index (χ2v) is 7.82. The Balaban J connectivity index is 1.49. The van der Waals surface area contributed by atoms with E-state index in [1.807, 2.05) is 67.8 Å². The molecular formula is C23H20N2O3S. The van der Waals surface area contributed by atoms with E-state index in [2.05, 4.69) is 9.97 Å². The third-order valence-corrected chi connectivity index (χ3v) is 5.74. The van der Waals surface area contributed by atoms with E-state index in [1.54, 1.807) is 0 Å². The van der Waals surface area contributed by atoms with Gasteiger partial charge in [-0.25, -0.2) is 4.98 Å². The Bertz CT molecular complexity index is 1240. The quantitative estimate of drug-likeness (QED) is 0.495. The van der Waals surface area contributed by atoms with Crippen LogP contribution in [0.1, 0.15) is 22.5 Å². The van der Waals surface area contributed by atoms with Gasteiger partial charge in [-0.2, -0.15) is 0 Å². The zero-order valence-corrected chi connectivity index (χ0v) is 17.0. The molecule has 0 saturated carbocycles. The number of carbonyl (C=O) groups excluding carboxylic acids is 1. The van der Waals surface area contributed by atoms with Gasteiger partial charge in [-0.05, 0) is 36.1 Å². The van der Waals surface area contributed by atoms with Crippen molar-refractivity contribution in [1.82, 2.24) is 9.97 Å². The number of aryl methyl sites for hydroxylation is 2. The fraction of sp³-hybridized carbons (Fsp3) is 0.174. The number of carbonyl (C=O) groups is 1. The number of ether oxygens (including phenoxy) is 1. The van der Waals surface area contributed by atoms with Gasteiger partial charge in [0.2, 0.25) is 0 Å². The van der Waals surface area contributed by atoms with Crippen molar-refractivity contribution in [2.45, 2.75) is 26.9 Å². The zero-order valence-electron chi connectivity index (χ0n) is 16.2. The van der Waals surface area contributed by atoms with Crippen LogP contribution < -0.4 is 5.56 Å². The maximum absolute atomic E-state index is 12.6. The van der Waals surface area contributed by atoms with E-state index in [0.717, 1.165) is 22.3 Å². The highest BCUT2D eigenvalue weighted by Crippen LogP contribution is 2.30. The normalized spacial score (nSPS) is 11.0. The van der Waals surface area contributed by atoms with Crippen LogP contribution in [0.25, 0.3) is 21.3 Å². The first-order valence-electron chi connectivity index (χ1n) is 9.29. The van der Waals surface area contributed by atoms with Crippen LogP contribution >= 0.6 is 11.3 Å². The van der Waals surface area contributed by atoms with Gasteiger partial charge >= 0.3 is 5.97 Å². The summed E-state index contributed by atoms with van der Waals surface area (Å²) in [5.41, 5.74) is 4.83. The summed E-state index contributed by atoms with van der Waals surface area (Å²) in [6.07, 6.45) is 0.185. The molecule has 2 aromatic heterocycles. The van der Waals surface area contributed by atoms with Crippen molar-refractivity contribution in [3.8, 4) is 11.1 Å². The number of hydrogen-bond acceptors (Lipinski definition) is 5. The van der Waals surface area contributed by atoms with Gasteiger partial charge in [0.1, 0.15) is 17.3 Å². The van der Waals surface area contributed by atoms with Gasteiger partial charge in [0.25, 0.3) is 5.56 Å². The van der Waals surface area contributed by atoms with E-state index in [4.69, 9.17) is 4.74 Å². The maximum atomic E-state index is 12.6. The van der Waals surface area contributed by atoms with Crippen LogP contribution in [0, 0.1) is 13.8 Å². The molecule has 0 unspecified atom stereocenters. The van der Waals surface area contributed by atoms with Crippen molar-refractivity contribution in [3.63, 3.8) is 0 Å². The molecule has 0 atom stereocenters. The Labute approximate surface area is 172 Å². The standard InChI is InChI=1S/C23H20N2O3S/c1-14-8-9-16(10-15(14)2)11-20(26)28-12-19-24-22(27)21-18(13-29-23(21)25-19)17-6-4-3-5-7-17/h3-10,13H,11-12H2,1-2H3,(H,24,25,27). The van der Waals surface area contributed by atoms with Crippen LogP contribution in [-0.2, 0) is 22.6 Å². The molecule has 4 rings (SSSR count). The number of fused-ring (bicyclic) bond motifs is 1. The lowest BCUT2D eigenvalue weighted by molar-refractivity contribution is -0.144. The summed E-state index contributed by atoms with van der Waals surface area (Å²) in [6, 6.07) is 15.6. The molecule has 0 aliphatic heterocycles. The summed E-state index contributed by atoms with van der Waals surface area (Å²) in [7, 11) is 0. The minimum Gasteiger partial charge on any atom is -0.457 e. The van der Waals surface area contributed by atoms with E-state index < -0.39 is 0 Å². The van der Waals surface area contributed by atoms with Gasteiger partial charge in [-0.3, -0.25) is 9.59 Å². The number of nitrogens with one attached hydrogen (secondary N) is 1. The summed E-state index contributed by atoms with van der Waals surface area (Å²) in [6.45, 7) is 3.98. The first-order chi connectivity index (χ1) is 14.0. The maximum Gasteiger partial charge on any atom is 0.310 e. The lowest BCUT2D eigenvalue weighted by atomic mass is 10.0. The fourth-order valence-electron chi connectivity index (χ4n) is 3.17. The second kappa shape index (κ2) is 8.01. The van der Waals surface area contributed by atoms with E-state index >= 15 is 0 Å². The Kier molecular flexibility index (Phi) is 5.27. The predicted octanol–water partition coefficient (Wildman–Crippen LogP) is 4.55. The Hall–Kier alpha value is -3.25. The van der Waals surface area contributed by atoms with E-state index in [9.17, 15) is 9.59 Å². The highest BCUT2D eigenvalue weighted by atomic mass is 32.1. The summed E-state index contributed by atoms with van der Waals surface area (Å²) in [4.78, 5) is 32.7. The van der Waals surface area contributed by atoms with Gasteiger partial charge in [0.05, 0.1) is 11.8 Å². The topological polar surface area (TPSA) is 72.0 Å². The molecule has 2 aromatic carbocycles. The van der Waals surface area contributed by atoms with Crippen LogP contribution in [0.2, 0.25) is 0 Å². The van der Waals surface area contributed by atoms with E-state index in [-0.39, 0.29) is 24.6 Å². The molecule has 0 bridgehead atoms. The van der Waals surface area contributed by atoms with Gasteiger partial charge in [0.15, 0.2) is 0 Å². The molecule has 1 N–H and O–H groups in total. The number of nitrogens with zero attached hydrogens (tertiary/aromatic N) is 1. The number of thiophene rings is 1. The minimum absolute atomic E-state index is 0.0621. The molecule has 0 aliphatic rings. The van der Waals surface area contributed by atoms with Gasteiger partial charge in [-0.1, -0.05) is 48.5 Å². The van der Waals surface area contributed by atoms with Gasteiger partial charge in [-0.15, -0.1) is 11.3 Å². The predicted molar refractivity (Wildman–Crippen MR) is 115 cm³/mol. The molecule has 2 heterocycles. The summed E-state index contributed by atoms with van der Waals surface area (Å²) in [5.74, 6) is -0.00967. The third-order valence-electron chi connectivity index (χ3n) is 4.87. The Morgan fingerprint density at radius 3 is 2.66 bits per heavy atom. The molecule has 6 heteroatoms. The van der Waals surface area contributed by atoms with Crippen LogP contribution in [0.5, 0.6) is 0 Å². The third kappa shape index (κ3) is 4.12. The minimum atomic E-state index is -0.354. The number of hydrogen-bond donors (Lipinski definition) is 1. The number of H-pyrrole nitrogens is 1. The first-order valence-corrected chi connectivity index (χ1v) is 10.2. The van der Waals surface area contributed by atoms with Crippen LogP contribution in [0.15, 0.2) is 58.7 Å². The van der Waals surface area contributed by atoms with Crippen molar-refractivity contribution >= 4 is 27.5 Å². The van der Waals surface area contributed by atoms with Crippen molar-refractivity contribution < 1.29 is 9.53 Å². The van der Waals surface area contributed by atoms with Gasteiger partial charge in [0, 0.05) is 10.9 Å². The molecule has 146 valence electrons. The van der Waals surface area contributed by atoms with Crippen molar-refractivity contribution in [1.29, 1.82) is 0 Å². The molecule has 0 amide bonds. The average molecular weight is 404 g/mol. The molecule has 0 aliphatic carbocycles. The van der Waals surface area contributed by atoms with Crippen LogP contribution in [0.4, 0.5) is 0 Å². The molecule has 4 aromatic rings. The molecule has 5 nitrogen and oxygen atoms in total. The summed E-state index contributed by atoms with van der Waals surface area (Å²) >= 11 is 1.41. The number of aromatic amines is 1. The van der Waals surface area contributed by atoms with Gasteiger partial charge < -0.3 is 9.72 Å². The molecular weight excluding hydrogens is 384 g/mol. The van der Waals surface area contributed by atoms with E-state index in [0.29, 0.717) is 16.0 Å².